The molecule has 2 aromatic carbocycles. The number of carbonyl (C=O) groups is 1. The van der Waals surface area contributed by atoms with Gasteiger partial charge in [-0.2, -0.15) is 5.10 Å². The molecule has 2 aliphatic heterocycles. The third-order valence-corrected chi connectivity index (χ3v) is 9.27. The molecule has 0 unspecified atom stereocenters. The van der Waals surface area contributed by atoms with E-state index >= 15 is 8.78 Å². The van der Waals surface area contributed by atoms with E-state index in [1.165, 1.54) is 35.1 Å². The van der Waals surface area contributed by atoms with Crippen molar-refractivity contribution in [2.75, 3.05) is 26.2 Å². The predicted molar refractivity (Wildman–Crippen MR) is 154 cm³/mol. The summed E-state index contributed by atoms with van der Waals surface area (Å²) in [5, 5.41) is 9.53. The molecule has 4 aromatic rings. The zero-order chi connectivity index (χ0) is 31.9. The molecular weight excluding hydrogens is 614 g/mol. The smallest absolute Gasteiger partial charge is 0.273 e. The number of amides is 1. The molecule has 0 radical (unpaired) electrons. The molecule has 6 rings (SSSR count). The number of hydrogen-bond acceptors (Lipinski definition) is 7. The molecule has 2 aliphatic rings. The van der Waals surface area contributed by atoms with Crippen molar-refractivity contribution in [1.29, 1.82) is 0 Å². The number of nitrogens with zero attached hydrogens (tertiary/aromatic N) is 6. The summed E-state index contributed by atoms with van der Waals surface area (Å²) in [7, 11) is -3.80. The fourth-order valence-electron chi connectivity index (χ4n) is 6.05. The van der Waals surface area contributed by atoms with Crippen LogP contribution in [0.4, 0.5) is 17.6 Å². The molecule has 2 saturated heterocycles. The van der Waals surface area contributed by atoms with E-state index in [2.05, 4.69) is 20.0 Å². The number of benzene rings is 2. The average molecular weight is 644 g/mol. The lowest BCUT2D eigenvalue weighted by Gasteiger charge is -2.32. The first kappa shape index (κ1) is 30.8. The van der Waals surface area contributed by atoms with E-state index in [0.29, 0.717) is 38.2 Å². The van der Waals surface area contributed by atoms with Gasteiger partial charge in [-0.05, 0) is 61.3 Å². The molecule has 10 nitrogen and oxygen atoms in total. The fraction of sp³-hybridized carbons (Fsp3) is 0.333. The second-order valence-electron chi connectivity index (χ2n) is 11.3. The van der Waals surface area contributed by atoms with Crippen LogP contribution in [0, 0.1) is 11.6 Å². The highest BCUT2D eigenvalue weighted by molar-refractivity contribution is 7.89. The maximum Gasteiger partial charge on any atom is 0.273 e. The summed E-state index contributed by atoms with van der Waals surface area (Å²) in [5.74, 6) is -6.54. The monoisotopic (exact) mass is 643 g/mol. The zero-order valence-electron chi connectivity index (χ0n) is 23.9. The number of alkyl halides is 2. The van der Waals surface area contributed by atoms with Crippen LogP contribution in [0.3, 0.4) is 0 Å². The van der Waals surface area contributed by atoms with Crippen LogP contribution >= 0.6 is 0 Å². The third kappa shape index (κ3) is 6.46. The SMILES string of the molecule is NS(=O)(=O)c1ccc(CN2CCC(c3c(C(=O)N4C[C@@H](c5ccc(F)cc5)C(F)(F)C4)cnn3-c3ncc(F)cn3)CC2)cc1. The Labute approximate surface area is 256 Å². The molecule has 0 aliphatic carbocycles. The minimum atomic E-state index is -3.80. The number of aromatic nitrogens is 4. The molecule has 0 bridgehead atoms. The van der Waals surface area contributed by atoms with Crippen molar-refractivity contribution in [3.8, 4) is 5.95 Å². The van der Waals surface area contributed by atoms with Crippen molar-refractivity contribution in [2.45, 2.75) is 42.0 Å². The van der Waals surface area contributed by atoms with Gasteiger partial charge in [0, 0.05) is 19.0 Å². The third-order valence-electron chi connectivity index (χ3n) is 8.34. The molecular formula is C30H29F4N7O3S. The summed E-state index contributed by atoms with van der Waals surface area (Å²) in [5.41, 5.74) is 1.72. The highest BCUT2D eigenvalue weighted by Gasteiger charge is 2.50. The van der Waals surface area contributed by atoms with E-state index in [-0.39, 0.29) is 34.4 Å². The van der Waals surface area contributed by atoms with Crippen molar-refractivity contribution < 1.29 is 30.8 Å². The number of sulfonamides is 1. The largest absolute Gasteiger partial charge is 0.332 e. The molecule has 0 spiro atoms. The zero-order valence-corrected chi connectivity index (χ0v) is 24.7. The minimum Gasteiger partial charge on any atom is -0.332 e. The summed E-state index contributed by atoms with van der Waals surface area (Å²) in [6, 6.07) is 11.2. The molecule has 0 saturated carbocycles. The van der Waals surface area contributed by atoms with E-state index in [0.717, 1.165) is 35.0 Å². The molecule has 1 atom stereocenters. The van der Waals surface area contributed by atoms with Crippen LogP contribution < -0.4 is 5.14 Å². The highest BCUT2D eigenvalue weighted by atomic mass is 32.2. The van der Waals surface area contributed by atoms with Crippen molar-refractivity contribution in [3.05, 3.63) is 101 Å². The first-order valence-corrected chi connectivity index (χ1v) is 15.8. The Hall–Kier alpha value is -4.21. The van der Waals surface area contributed by atoms with Gasteiger partial charge >= 0.3 is 0 Å². The number of nitrogens with two attached hydrogens (primary N) is 1. The Morgan fingerprint density at radius 3 is 2.20 bits per heavy atom. The van der Waals surface area contributed by atoms with E-state index in [1.54, 1.807) is 12.1 Å². The first-order chi connectivity index (χ1) is 21.4. The molecule has 15 heteroatoms. The second kappa shape index (κ2) is 11.9. The standard InChI is InChI=1S/C30H29F4N7O3S/c31-22-5-3-20(4-6-22)26-17-40(18-30(26,33)34)28(42)25-15-38-41(29-36-13-23(32)14-37-29)27(25)21-9-11-39(12-10-21)16-19-1-7-24(8-2-19)45(35,43)44/h1-8,13-15,21,26H,9-12,16-18H2,(H2,35,43,44)/t26-/m0/s1. The van der Waals surface area contributed by atoms with Crippen molar-refractivity contribution >= 4 is 15.9 Å². The average Bonchev–Trinajstić information content (AvgIpc) is 3.59. The second-order valence-corrected chi connectivity index (χ2v) is 12.9. The number of halogens is 4. The molecule has 1 amide bonds. The van der Waals surface area contributed by atoms with Crippen molar-refractivity contribution in [2.24, 2.45) is 5.14 Å². The van der Waals surface area contributed by atoms with E-state index in [4.69, 9.17) is 5.14 Å². The highest BCUT2D eigenvalue weighted by Crippen LogP contribution is 2.42. The molecule has 4 heterocycles. The van der Waals surface area contributed by atoms with Gasteiger partial charge in [-0.25, -0.2) is 45.8 Å². The lowest BCUT2D eigenvalue weighted by molar-refractivity contribution is -0.00245. The van der Waals surface area contributed by atoms with Gasteiger partial charge in [0.25, 0.3) is 17.8 Å². The number of piperidine rings is 1. The van der Waals surface area contributed by atoms with Crippen LogP contribution in [-0.4, -0.2) is 76.0 Å². The normalized spacial score (nSPS) is 19.2. The van der Waals surface area contributed by atoms with Gasteiger partial charge in [-0.15, -0.1) is 0 Å². The fourth-order valence-corrected chi connectivity index (χ4v) is 6.56. The number of carbonyl (C=O) groups excluding carboxylic acids is 1. The summed E-state index contributed by atoms with van der Waals surface area (Å²) in [4.78, 5) is 25.2. The molecule has 45 heavy (non-hydrogen) atoms. The van der Waals surface area contributed by atoms with E-state index in [1.807, 2.05) is 0 Å². The minimum absolute atomic E-state index is 0.0261. The summed E-state index contributed by atoms with van der Waals surface area (Å²) >= 11 is 0. The lowest BCUT2D eigenvalue weighted by atomic mass is 9.90. The number of rotatable bonds is 7. The predicted octanol–water partition coefficient (Wildman–Crippen LogP) is 3.84. The van der Waals surface area contributed by atoms with Gasteiger partial charge in [0.05, 0.1) is 47.2 Å². The van der Waals surface area contributed by atoms with Gasteiger partial charge in [0.1, 0.15) is 5.82 Å². The van der Waals surface area contributed by atoms with Gasteiger partial charge < -0.3 is 4.90 Å². The van der Waals surface area contributed by atoms with Crippen LogP contribution in [0.2, 0.25) is 0 Å². The summed E-state index contributed by atoms with van der Waals surface area (Å²) in [6.45, 7) is 0.696. The van der Waals surface area contributed by atoms with Crippen molar-refractivity contribution in [1.82, 2.24) is 29.5 Å². The van der Waals surface area contributed by atoms with Gasteiger partial charge in [-0.3, -0.25) is 9.69 Å². The van der Waals surface area contributed by atoms with Crippen LogP contribution in [0.25, 0.3) is 5.95 Å². The van der Waals surface area contributed by atoms with Crippen molar-refractivity contribution in [3.63, 3.8) is 0 Å². The number of primary sulfonamides is 1. The Morgan fingerprint density at radius 1 is 0.933 bits per heavy atom. The Kier molecular flexibility index (Phi) is 8.18. The van der Waals surface area contributed by atoms with Gasteiger partial charge in [-0.1, -0.05) is 24.3 Å². The molecule has 236 valence electrons. The molecule has 2 fully saturated rings. The Balaban J connectivity index is 1.24. The quantitative estimate of drug-likeness (QED) is 0.303. The van der Waals surface area contributed by atoms with Gasteiger partial charge in [0.2, 0.25) is 10.0 Å². The topological polar surface area (TPSA) is 127 Å². The molecule has 2 N–H and O–H groups in total. The summed E-state index contributed by atoms with van der Waals surface area (Å²) < 4.78 is 81.9. The first-order valence-electron chi connectivity index (χ1n) is 14.2. The van der Waals surface area contributed by atoms with E-state index in [9.17, 15) is 22.0 Å². The van der Waals surface area contributed by atoms with Gasteiger partial charge in [0.15, 0.2) is 5.82 Å². The van der Waals surface area contributed by atoms with Crippen LogP contribution in [-0.2, 0) is 16.6 Å². The lowest BCUT2D eigenvalue weighted by Crippen LogP contribution is -2.35. The Bertz CT molecular complexity index is 1790. The van der Waals surface area contributed by atoms with E-state index < -0.39 is 46.0 Å². The number of hydrogen-bond donors (Lipinski definition) is 1. The molecule has 2 aromatic heterocycles. The van der Waals surface area contributed by atoms with Crippen LogP contribution in [0.5, 0.6) is 0 Å². The van der Waals surface area contributed by atoms with Crippen LogP contribution in [0.15, 0.2) is 72.0 Å². The number of likely N-dealkylation sites (tertiary alicyclic amines) is 2. The summed E-state index contributed by atoms with van der Waals surface area (Å²) in [6.07, 6.45) is 4.43. The van der Waals surface area contributed by atoms with Crippen LogP contribution in [0.1, 0.15) is 51.9 Å². The maximum atomic E-state index is 15.2. The Morgan fingerprint density at radius 2 is 1.58 bits per heavy atom. The maximum absolute atomic E-state index is 15.2.